The maximum absolute atomic E-state index is 3.36. The summed E-state index contributed by atoms with van der Waals surface area (Å²) < 4.78 is 0. The van der Waals surface area contributed by atoms with Gasteiger partial charge in [-0.05, 0) is 12.3 Å². The van der Waals surface area contributed by atoms with Crippen LogP contribution in [-0.2, 0) is 0 Å². The van der Waals surface area contributed by atoms with Gasteiger partial charge in [0, 0.05) is 5.33 Å². The second kappa shape index (κ2) is 4.32. The topological polar surface area (TPSA) is 0 Å². The summed E-state index contributed by atoms with van der Waals surface area (Å²) in [5, 5.41) is 2.13. The summed E-state index contributed by atoms with van der Waals surface area (Å²) in [5.41, 5.74) is 0. The second-order valence-electron chi connectivity index (χ2n) is 2.89. The molecular formula is C8H14Br. The molecule has 1 rings (SSSR count). The fraction of sp³-hybridized carbons (Fsp3) is 0.875. The van der Waals surface area contributed by atoms with E-state index in [4.69, 9.17) is 0 Å². The molecule has 53 valence electrons. The molecule has 9 heavy (non-hydrogen) atoms. The number of rotatable bonds is 2. The monoisotopic (exact) mass is 189 g/mol. The lowest BCUT2D eigenvalue weighted by atomic mass is 9.88. The largest absolute Gasteiger partial charge is 0.0878 e. The molecule has 1 radical (unpaired) electrons. The standard InChI is InChI=1S/C8H14Br/c9-7-6-8-4-2-1-3-5-8/h7-8H,1-6H2. The van der Waals surface area contributed by atoms with Gasteiger partial charge in [0.2, 0.25) is 0 Å². The molecule has 1 aliphatic carbocycles. The molecule has 0 aromatic rings. The summed E-state index contributed by atoms with van der Waals surface area (Å²) in [6.45, 7) is 0. The lowest BCUT2D eigenvalue weighted by Crippen LogP contribution is -2.04. The highest BCUT2D eigenvalue weighted by atomic mass is 79.9. The first-order valence-electron chi connectivity index (χ1n) is 3.85. The molecule has 0 aromatic carbocycles. The zero-order chi connectivity index (χ0) is 6.53. The van der Waals surface area contributed by atoms with E-state index in [1.807, 2.05) is 0 Å². The van der Waals surface area contributed by atoms with Crippen molar-refractivity contribution >= 4 is 15.9 Å². The number of hydrogen-bond acceptors (Lipinski definition) is 0. The van der Waals surface area contributed by atoms with Gasteiger partial charge in [-0.3, -0.25) is 0 Å². The summed E-state index contributed by atoms with van der Waals surface area (Å²) in [5.74, 6) is 0.998. The first-order valence-corrected chi connectivity index (χ1v) is 4.77. The van der Waals surface area contributed by atoms with Crippen molar-refractivity contribution in [2.24, 2.45) is 5.92 Å². The van der Waals surface area contributed by atoms with Gasteiger partial charge in [0.05, 0.1) is 0 Å². The summed E-state index contributed by atoms with van der Waals surface area (Å²) >= 11 is 3.36. The summed E-state index contributed by atoms with van der Waals surface area (Å²) in [6.07, 6.45) is 8.60. The van der Waals surface area contributed by atoms with Crippen LogP contribution in [0.4, 0.5) is 0 Å². The minimum atomic E-state index is 0.998. The molecule has 0 unspecified atom stereocenters. The van der Waals surface area contributed by atoms with Crippen LogP contribution in [0.5, 0.6) is 0 Å². The summed E-state index contributed by atoms with van der Waals surface area (Å²) in [4.78, 5) is 0. The van der Waals surface area contributed by atoms with Crippen molar-refractivity contribution in [2.45, 2.75) is 38.5 Å². The van der Waals surface area contributed by atoms with Crippen molar-refractivity contribution in [2.75, 3.05) is 0 Å². The summed E-state index contributed by atoms with van der Waals surface area (Å²) in [6, 6.07) is 0. The average Bonchev–Trinajstić information content (AvgIpc) is 1.91. The number of hydrogen-bond donors (Lipinski definition) is 0. The molecule has 1 saturated carbocycles. The first kappa shape index (κ1) is 7.59. The minimum absolute atomic E-state index is 0.998. The molecule has 1 aliphatic rings. The van der Waals surface area contributed by atoms with E-state index in [0.717, 1.165) is 5.92 Å². The Kier molecular flexibility index (Phi) is 3.64. The fourth-order valence-corrected chi connectivity index (χ4v) is 2.08. The van der Waals surface area contributed by atoms with Crippen molar-refractivity contribution in [1.29, 1.82) is 0 Å². The Morgan fingerprint density at radius 3 is 2.44 bits per heavy atom. The van der Waals surface area contributed by atoms with E-state index in [2.05, 4.69) is 21.3 Å². The van der Waals surface area contributed by atoms with Crippen molar-refractivity contribution in [3.63, 3.8) is 0 Å². The van der Waals surface area contributed by atoms with Crippen molar-refractivity contribution < 1.29 is 0 Å². The van der Waals surface area contributed by atoms with Crippen LogP contribution in [0.1, 0.15) is 38.5 Å². The number of halogens is 1. The molecule has 0 saturated heterocycles. The summed E-state index contributed by atoms with van der Waals surface area (Å²) in [7, 11) is 0. The van der Waals surface area contributed by atoms with Gasteiger partial charge in [0.15, 0.2) is 0 Å². The lowest BCUT2D eigenvalue weighted by Gasteiger charge is -2.19. The molecule has 0 bridgehead atoms. The highest BCUT2D eigenvalue weighted by Crippen LogP contribution is 2.27. The van der Waals surface area contributed by atoms with Crippen LogP contribution in [-0.4, -0.2) is 0 Å². The van der Waals surface area contributed by atoms with Crippen LogP contribution in [0.15, 0.2) is 0 Å². The van der Waals surface area contributed by atoms with Gasteiger partial charge in [0.25, 0.3) is 0 Å². The third-order valence-electron chi connectivity index (χ3n) is 2.15. The van der Waals surface area contributed by atoms with Gasteiger partial charge >= 0.3 is 0 Å². The van der Waals surface area contributed by atoms with Gasteiger partial charge in [-0.2, -0.15) is 0 Å². The van der Waals surface area contributed by atoms with Crippen LogP contribution in [0.3, 0.4) is 0 Å². The third kappa shape index (κ3) is 2.70. The molecule has 0 heterocycles. The third-order valence-corrected chi connectivity index (χ3v) is 2.52. The van der Waals surface area contributed by atoms with Crippen molar-refractivity contribution in [3.8, 4) is 0 Å². The molecule has 1 heteroatoms. The quantitative estimate of drug-likeness (QED) is 0.624. The first-order chi connectivity index (χ1) is 4.43. The van der Waals surface area contributed by atoms with Crippen molar-refractivity contribution in [1.82, 2.24) is 0 Å². The Bertz CT molecular complexity index is 62.2. The van der Waals surface area contributed by atoms with Gasteiger partial charge < -0.3 is 0 Å². The maximum Gasteiger partial charge on any atom is 0.0273 e. The van der Waals surface area contributed by atoms with Crippen LogP contribution in [0.25, 0.3) is 0 Å². The predicted octanol–water partition coefficient (Wildman–Crippen LogP) is 3.51. The van der Waals surface area contributed by atoms with Crippen LogP contribution < -0.4 is 0 Å². The molecule has 1 fully saturated rings. The van der Waals surface area contributed by atoms with E-state index >= 15 is 0 Å². The minimum Gasteiger partial charge on any atom is -0.0878 e. The zero-order valence-electron chi connectivity index (χ0n) is 5.78. The molecule has 0 nitrogen and oxygen atoms in total. The molecule has 0 aromatic heterocycles. The highest BCUT2D eigenvalue weighted by Gasteiger charge is 2.11. The molecule has 0 spiro atoms. The van der Waals surface area contributed by atoms with Crippen LogP contribution >= 0.6 is 15.9 Å². The fourth-order valence-electron chi connectivity index (χ4n) is 1.55. The molecule has 0 amide bonds. The lowest BCUT2D eigenvalue weighted by molar-refractivity contribution is 0.359. The smallest absolute Gasteiger partial charge is 0.0273 e. The highest BCUT2D eigenvalue weighted by molar-refractivity contribution is 9.10. The van der Waals surface area contributed by atoms with E-state index < -0.39 is 0 Å². The second-order valence-corrected chi connectivity index (χ2v) is 3.54. The van der Waals surface area contributed by atoms with E-state index in [9.17, 15) is 0 Å². The van der Waals surface area contributed by atoms with Gasteiger partial charge in [-0.25, -0.2) is 0 Å². The van der Waals surface area contributed by atoms with E-state index in [-0.39, 0.29) is 0 Å². The molecular weight excluding hydrogens is 176 g/mol. The molecule has 0 aliphatic heterocycles. The van der Waals surface area contributed by atoms with Gasteiger partial charge in [-0.1, -0.05) is 48.0 Å². The van der Waals surface area contributed by atoms with E-state index in [1.54, 1.807) is 0 Å². The molecule has 0 atom stereocenters. The van der Waals surface area contributed by atoms with Gasteiger partial charge in [-0.15, -0.1) is 0 Å². The van der Waals surface area contributed by atoms with Crippen LogP contribution in [0, 0.1) is 11.2 Å². The van der Waals surface area contributed by atoms with Crippen molar-refractivity contribution in [3.05, 3.63) is 5.33 Å². The Labute approximate surface area is 66.2 Å². The van der Waals surface area contributed by atoms with E-state index in [1.165, 1.54) is 38.5 Å². The average molecular weight is 190 g/mol. The Morgan fingerprint density at radius 1 is 1.22 bits per heavy atom. The van der Waals surface area contributed by atoms with Crippen LogP contribution in [0.2, 0.25) is 0 Å². The Morgan fingerprint density at radius 2 is 1.89 bits per heavy atom. The Balaban J connectivity index is 2.08. The Hall–Kier alpha value is 0.480. The zero-order valence-corrected chi connectivity index (χ0v) is 7.36. The van der Waals surface area contributed by atoms with Gasteiger partial charge in [0.1, 0.15) is 0 Å². The predicted molar refractivity (Wildman–Crippen MR) is 44.4 cm³/mol. The van der Waals surface area contributed by atoms with E-state index in [0.29, 0.717) is 0 Å². The molecule has 0 N–H and O–H groups in total. The SMILES string of the molecule is Br[CH]CC1CCCCC1. The normalized spacial score (nSPS) is 22.3. The maximum atomic E-state index is 3.36.